The fourth-order valence-electron chi connectivity index (χ4n) is 2.96. The van der Waals surface area contributed by atoms with Gasteiger partial charge in [-0.1, -0.05) is 17.7 Å². The van der Waals surface area contributed by atoms with E-state index in [9.17, 15) is 9.59 Å². The van der Waals surface area contributed by atoms with Crippen molar-refractivity contribution in [2.75, 3.05) is 5.32 Å². The molecule has 1 saturated carbocycles. The Morgan fingerprint density at radius 3 is 2.56 bits per heavy atom. The summed E-state index contributed by atoms with van der Waals surface area (Å²) in [6.07, 6.45) is 7.68. The van der Waals surface area contributed by atoms with E-state index in [1.807, 2.05) is 0 Å². The molecule has 1 aliphatic carbocycles. The summed E-state index contributed by atoms with van der Waals surface area (Å²) >= 11 is 6.04. The Morgan fingerprint density at radius 1 is 1.08 bits per heavy atom. The van der Waals surface area contributed by atoms with Crippen molar-refractivity contribution in [2.45, 2.75) is 31.7 Å². The molecular formula is C18H19ClN4O2. The van der Waals surface area contributed by atoms with Crippen LogP contribution in [0, 0.1) is 5.92 Å². The van der Waals surface area contributed by atoms with Gasteiger partial charge >= 0.3 is 0 Å². The number of nitrogens with zero attached hydrogens (tertiary/aromatic N) is 2. The number of rotatable bonds is 4. The Morgan fingerprint density at radius 2 is 1.88 bits per heavy atom. The molecule has 0 aliphatic heterocycles. The number of halogens is 1. The number of pyridine rings is 2. The molecule has 0 bridgehead atoms. The van der Waals surface area contributed by atoms with Crippen molar-refractivity contribution in [1.29, 1.82) is 0 Å². The van der Waals surface area contributed by atoms with Crippen molar-refractivity contribution in [1.82, 2.24) is 15.3 Å². The number of nitrogens with one attached hydrogen (secondary N) is 2. The van der Waals surface area contributed by atoms with Crippen LogP contribution in [-0.2, 0) is 4.79 Å². The molecule has 0 unspecified atom stereocenters. The largest absolute Gasteiger partial charge is 0.348 e. The first-order valence-electron chi connectivity index (χ1n) is 8.26. The fourth-order valence-corrected chi connectivity index (χ4v) is 3.11. The van der Waals surface area contributed by atoms with E-state index in [-0.39, 0.29) is 23.8 Å². The first kappa shape index (κ1) is 17.4. The molecule has 25 heavy (non-hydrogen) atoms. The summed E-state index contributed by atoms with van der Waals surface area (Å²) in [5, 5.41) is 6.29. The van der Waals surface area contributed by atoms with E-state index in [0.717, 1.165) is 25.7 Å². The molecule has 0 atom stereocenters. The molecule has 0 saturated heterocycles. The smallest absolute Gasteiger partial charge is 0.270 e. The lowest BCUT2D eigenvalue weighted by atomic mass is 9.85. The monoisotopic (exact) mass is 358 g/mol. The van der Waals surface area contributed by atoms with E-state index in [4.69, 9.17) is 11.6 Å². The van der Waals surface area contributed by atoms with Gasteiger partial charge in [-0.15, -0.1) is 0 Å². The topological polar surface area (TPSA) is 84.0 Å². The summed E-state index contributed by atoms with van der Waals surface area (Å²) in [4.78, 5) is 32.5. The summed E-state index contributed by atoms with van der Waals surface area (Å²) in [6, 6.07) is 6.95. The standard InChI is InChI=1S/C18H19ClN4O2/c19-14-8-10-20-11-16(14)23-17(24)12-4-6-13(7-5-12)22-18(25)15-3-1-2-9-21-15/h1-3,8-13H,4-7H2,(H,22,25)(H,23,24). The Kier molecular flexibility index (Phi) is 5.60. The van der Waals surface area contributed by atoms with Crippen molar-refractivity contribution in [2.24, 2.45) is 5.92 Å². The van der Waals surface area contributed by atoms with Crippen molar-refractivity contribution >= 4 is 29.1 Å². The third-order valence-corrected chi connectivity index (χ3v) is 4.69. The first-order chi connectivity index (χ1) is 12.1. The molecule has 0 radical (unpaired) electrons. The number of carbonyl (C=O) groups is 2. The van der Waals surface area contributed by atoms with E-state index in [2.05, 4.69) is 20.6 Å². The summed E-state index contributed by atoms with van der Waals surface area (Å²) in [5.74, 6) is -0.306. The van der Waals surface area contributed by atoms with Crippen LogP contribution in [0.3, 0.4) is 0 Å². The molecule has 7 heteroatoms. The summed E-state index contributed by atoms with van der Waals surface area (Å²) in [7, 11) is 0. The second kappa shape index (κ2) is 8.07. The van der Waals surface area contributed by atoms with Gasteiger partial charge in [0.1, 0.15) is 5.69 Å². The van der Waals surface area contributed by atoms with Crippen molar-refractivity contribution in [3.63, 3.8) is 0 Å². The Hall–Kier alpha value is -2.47. The average Bonchev–Trinajstić information content (AvgIpc) is 2.65. The molecule has 2 aromatic rings. The molecule has 1 fully saturated rings. The highest BCUT2D eigenvalue weighted by Gasteiger charge is 2.27. The normalized spacial score (nSPS) is 19.9. The maximum Gasteiger partial charge on any atom is 0.270 e. The van der Waals surface area contributed by atoms with Crippen LogP contribution < -0.4 is 10.6 Å². The molecule has 1 aliphatic rings. The third kappa shape index (κ3) is 4.54. The first-order valence-corrected chi connectivity index (χ1v) is 8.63. The molecule has 2 aromatic heterocycles. The SMILES string of the molecule is O=C(NC1CCC(C(=O)Nc2cnccc2Cl)CC1)c1ccccn1. The number of anilines is 1. The molecule has 2 amide bonds. The van der Waals surface area contributed by atoms with Gasteiger partial charge in [-0.25, -0.2) is 0 Å². The zero-order valence-electron chi connectivity index (χ0n) is 13.6. The second-order valence-corrected chi connectivity index (χ2v) is 6.49. The highest BCUT2D eigenvalue weighted by atomic mass is 35.5. The molecule has 2 heterocycles. The van der Waals surface area contributed by atoms with Gasteiger partial charge in [-0.2, -0.15) is 0 Å². The van der Waals surface area contributed by atoms with Gasteiger partial charge < -0.3 is 10.6 Å². The minimum absolute atomic E-state index is 0.0515. The number of carbonyl (C=O) groups excluding carboxylic acids is 2. The van der Waals surface area contributed by atoms with Gasteiger partial charge in [0.2, 0.25) is 5.91 Å². The van der Waals surface area contributed by atoms with Crippen LogP contribution >= 0.6 is 11.6 Å². The molecule has 6 nitrogen and oxygen atoms in total. The summed E-state index contributed by atoms with van der Waals surface area (Å²) in [6.45, 7) is 0. The van der Waals surface area contributed by atoms with E-state index in [0.29, 0.717) is 16.4 Å². The van der Waals surface area contributed by atoms with Gasteiger partial charge in [-0.3, -0.25) is 19.6 Å². The predicted molar refractivity (Wildman–Crippen MR) is 95.3 cm³/mol. The van der Waals surface area contributed by atoms with Crippen LogP contribution in [0.25, 0.3) is 0 Å². The highest BCUT2D eigenvalue weighted by molar-refractivity contribution is 6.33. The van der Waals surface area contributed by atoms with Crippen molar-refractivity contribution in [3.8, 4) is 0 Å². The highest BCUT2D eigenvalue weighted by Crippen LogP contribution is 2.27. The molecular weight excluding hydrogens is 340 g/mol. The zero-order valence-corrected chi connectivity index (χ0v) is 14.4. The Bertz CT molecular complexity index is 746. The lowest BCUT2D eigenvalue weighted by Gasteiger charge is -2.28. The molecule has 3 rings (SSSR count). The number of aromatic nitrogens is 2. The van der Waals surface area contributed by atoms with Gasteiger partial charge in [-0.05, 0) is 43.9 Å². The third-order valence-electron chi connectivity index (χ3n) is 4.36. The van der Waals surface area contributed by atoms with Crippen LogP contribution in [0.2, 0.25) is 5.02 Å². The Labute approximate surface area is 151 Å². The van der Waals surface area contributed by atoms with Gasteiger partial charge in [0.05, 0.1) is 16.9 Å². The van der Waals surface area contributed by atoms with E-state index in [1.54, 1.807) is 42.9 Å². The summed E-state index contributed by atoms with van der Waals surface area (Å²) in [5.41, 5.74) is 0.938. The van der Waals surface area contributed by atoms with Gasteiger partial charge in [0.25, 0.3) is 5.91 Å². The second-order valence-electron chi connectivity index (χ2n) is 6.08. The van der Waals surface area contributed by atoms with Crippen LogP contribution in [-0.4, -0.2) is 27.8 Å². The van der Waals surface area contributed by atoms with Crippen molar-refractivity contribution < 1.29 is 9.59 Å². The molecule has 0 spiro atoms. The quantitative estimate of drug-likeness (QED) is 0.879. The maximum absolute atomic E-state index is 12.4. The molecule has 0 aromatic carbocycles. The van der Waals surface area contributed by atoms with Crippen LogP contribution in [0.1, 0.15) is 36.2 Å². The number of hydrogen-bond acceptors (Lipinski definition) is 4. The van der Waals surface area contributed by atoms with Crippen LogP contribution in [0.5, 0.6) is 0 Å². The number of amides is 2. The molecule has 2 N–H and O–H groups in total. The van der Waals surface area contributed by atoms with Gasteiger partial charge in [0.15, 0.2) is 0 Å². The van der Waals surface area contributed by atoms with Gasteiger partial charge in [0, 0.05) is 24.4 Å². The van der Waals surface area contributed by atoms with E-state index >= 15 is 0 Å². The minimum Gasteiger partial charge on any atom is -0.348 e. The van der Waals surface area contributed by atoms with E-state index < -0.39 is 0 Å². The predicted octanol–water partition coefficient (Wildman–Crippen LogP) is 3.06. The lowest BCUT2D eigenvalue weighted by Crippen LogP contribution is -2.39. The van der Waals surface area contributed by atoms with Crippen LogP contribution in [0.4, 0.5) is 5.69 Å². The number of hydrogen-bond donors (Lipinski definition) is 2. The van der Waals surface area contributed by atoms with Crippen LogP contribution in [0.15, 0.2) is 42.9 Å². The van der Waals surface area contributed by atoms with Crippen molar-refractivity contribution in [3.05, 3.63) is 53.6 Å². The fraction of sp³-hybridized carbons (Fsp3) is 0.333. The maximum atomic E-state index is 12.4. The lowest BCUT2D eigenvalue weighted by molar-refractivity contribution is -0.120. The zero-order chi connectivity index (χ0) is 17.6. The van der Waals surface area contributed by atoms with E-state index in [1.165, 1.54) is 0 Å². The average molecular weight is 359 g/mol. The summed E-state index contributed by atoms with van der Waals surface area (Å²) < 4.78 is 0. The Balaban J connectivity index is 1.49. The minimum atomic E-state index is -0.171. The molecule has 130 valence electrons.